The van der Waals surface area contributed by atoms with Gasteiger partial charge in [0.05, 0.1) is 6.33 Å². The van der Waals surface area contributed by atoms with Crippen LogP contribution >= 0.6 is 0 Å². The fourth-order valence-corrected chi connectivity index (χ4v) is 2.25. The van der Waals surface area contributed by atoms with Crippen molar-refractivity contribution in [2.24, 2.45) is 5.41 Å². The molecule has 1 aromatic heterocycles. The van der Waals surface area contributed by atoms with E-state index in [1.807, 2.05) is 6.20 Å². The summed E-state index contributed by atoms with van der Waals surface area (Å²) in [5.41, 5.74) is 1.71. The molecule has 0 bridgehead atoms. The molecule has 2 N–H and O–H groups in total. The van der Waals surface area contributed by atoms with Gasteiger partial charge in [0.15, 0.2) is 0 Å². The Balaban J connectivity index is 1.78. The van der Waals surface area contributed by atoms with Gasteiger partial charge in [-0.15, -0.1) is 0 Å². The topological polar surface area (TPSA) is 40.7 Å². The molecule has 2 rings (SSSR count). The number of H-pyrrole nitrogens is 1. The average Bonchev–Trinajstić information content (AvgIpc) is 2.70. The van der Waals surface area contributed by atoms with Gasteiger partial charge < -0.3 is 10.3 Å². The summed E-state index contributed by atoms with van der Waals surface area (Å²) in [5, 5.41) is 3.57. The van der Waals surface area contributed by atoms with Crippen LogP contribution in [0.25, 0.3) is 0 Å². The van der Waals surface area contributed by atoms with Crippen LogP contribution in [-0.2, 0) is 6.54 Å². The first kappa shape index (κ1) is 9.71. The van der Waals surface area contributed by atoms with Crippen LogP contribution in [0.2, 0.25) is 0 Å². The molecular formula is C11H19N3. The molecular weight excluding hydrogens is 174 g/mol. The summed E-state index contributed by atoms with van der Waals surface area (Å²) in [5.74, 6) is 0. The Morgan fingerprint density at radius 1 is 1.64 bits per heavy atom. The van der Waals surface area contributed by atoms with Crippen molar-refractivity contribution >= 4 is 0 Å². The highest BCUT2D eigenvalue weighted by Crippen LogP contribution is 2.36. The van der Waals surface area contributed by atoms with Gasteiger partial charge in [0, 0.05) is 24.5 Å². The highest BCUT2D eigenvalue weighted by Gasteiger charge is 2.30. The first-order valence-corrected chi connectivity index (χ1v) is 5.36. The van der Waals surface area contributed by atoms with E-state index in [2.05, 4.69) is 29.1 Å². The number of imidazole rings is 1. The van der Waals surface area contributed by atoms with E-state index in [9.17, 15) is 0 Å². The summed E-state index contributed by atoms with van der Waals surface area (Å²) >= 11 is 0. The van der Waals surface area contributed by atoms with E-state index in [-0.39, 0.29) is 0 Å². The van der Waals surface area contributed by atoms with Gasteiger partial charge in [-0.2, -0.15) is 0 Å². The van der Waals surface area contributed by atoms with Crippen molar-refractivity contribution in [1.82, 2.24) is 15.3 Å². The summed E-state index contributed by atoms with van der Waals surface area (Å²) in [4.78, 5) is 7.11. The number of aromatic amines is 1. The van der Waals surface area contributed by atoms with Gasteiger partial charge in [-0.05, 0) is 24.7 Å². The highest BCUT2D eigenvalue weighted by molar-refractivity contribution is 4.95. The van der Waals surface area contributed by atoms with Gasteiger partial charge in [-0.3, -0.25) is 0 Å². The largest absolute Gasteiger partial charge is 0.347 e. The maximum Gasteiger partial charge on any atom is 0.0922 e. The minimum Gasteiger partial charge on any atom is -0.347 e. The van der Waals surface area contributed by atoms with Crippen LogP contribution in [0.4, 0.5) is 0 Å². The molecule has 0 saturated heterocycles. The Kier molecular flexibility index (Phi) is 2.59. The van der Waals surface area contributed by atoms with Crippen molar-refractivity contribution in [3.05, 3.63) is 18.2 Å². The van der Waals surface area contributed by atoms with E-state index in [1.165, 1.54) is 25.0 Å². The molecule has 1 aliphatic carbocycles. The molecule has 3 nitrogen and oxygen atoms in total. The van der Waals surface area contributed by atoms with Crippen molar-refractivity contribution in [2.45, 2.75) is 45.7 Å². The summed E-state index contributed by atoms with van der Waals surface area (Å²) in [6.45, 7) is 5.62. The van der Waals surface area contributed by atoms with Crippen molar-refractivity contribution in [3.63, 3.8) is 0 Å². The lowest BCUT2D eigenvalue weighted by molar-refractivity contribution is 0.364. The number of nitrogens with one attached hydrogen (secondary N) is 2. The van der Waals surface area contributed by atoms with Crippen molar-refractivity contribution < 1.29 is 0 Å². The molecule has 0 spiro atoms. The SMILES string of the molecule is CC1(C)CCC(NCc2cnc[nH]2)C1. The lowest BCUT2D eigenvalue weighted by atomic mass is 9.92. The molecule has 1 unspecified atom stereocenters. The molecule has 1 aromatic rings. The Hall–Kier alpha value is -0.830. The van der Waals surface area contributed by atoms with Gasteiger partial charge in [0.1, 0.15) is 0 Å². The number of aromatic nitrogens is 2. The zero-order valence-corrected chi connectivity index (χ0v) is 9.01. The molecule has 1 atom stereocenters. The molecule has 0 amide bonds. The lowest BCUT2D eigenvalue weighted by Crippen LogP contribution is -2.26. The number of rotatable bonds is 3. The van der Waals surface area contributed by atoms with E-state index in [1.54, 1.807) is 6.33 Å². The monoisotopic (exact) mass is 193 g/mol. The maximum absolute atomic E-state index is 4.00. The van der Waals surface area contributed by atoms with Crippen molar-refractivity contribution in [2.75, 3.05) is 0 Å². The van der Waals surface area contributed by atoms with E-state index in [4.69, 9.17) is 0 Å². The minimum absolute atomic E-state index is 0.533. The van der Waals surface area contributed by atoms with E-state index in [0.29, 0.717) is 11.5 Å². The zero-order chi connectivity index (χ0) is 10.0. The van der Waals surface area contributed by atoms with Gasteiger partial charge in [0.2, 0.25) is 0 Å². The van der Waals surface area contributed by atoms with E-state index < -0.39 is 0 Å². The number of hydrogen-bond donors (Lipinski definition) is 2. The van der Waals surface area contributed by atoms with Crippen LogP contribution in [-0.4, -0.2) is 16.0 Å². The highest BCUT2D eigenvalue weighted by atomic mass is 15.0. The van der Waals surface area contributed by atoms with Crippen molar-refractivity contribution in [3.8, 4) is 0 Å². The molecule has 78 valence electrons. The Bertz CT molecular complexity index is 277. The third-order valence-corrected chi connectivity index (χ3v) is 3.10. The first-order chi connectivity index (χ1) is 6.66. The molecule has 0 aliphatic heterocycles. The second kappa shape index (κ2) is 3.73. The van der Waals surface area contributed by atoms with E-state index in [0.717, 1.165) is 6.54 Å². The zero-order valence-electron chi connectivity index (χ0n) is 9.01. The molecule has 1 heterocycles. The maximum atomic E-state index is 4.00. The number of nitrogens with zero attached hydrogens (tertiary/aromatic N) is 1. The molecule has 1 fully saturated rings. The van der Waals surface area contributed by atoms with Gasteiger partial charge in [-0.1, -0.05) is 13.8 Å². The fraction of sp³-hybridized carbons (Fsp3) is 0.727. The quantitative estimate of drug-likeness (QED) is 0.771. The Labute approximate surface area is 85.3 Å². The van der Waals surface area contributed by atoms with Crippen LogP contribution < -0.4 is 5.32 Å². The summed E-state index contributed by atoms with van der Waals surface area (Å²) < 4.78 is 0. The molecule has 3 heteroatoms. The van der Waals surface area contributed by atoms with Crippen LogP contribution in [0.5, 0.6) is 0 Å². The smallest absolute Gasteiger partial charge is 0.0922 e. The summed E-state index contributed by atoms with van der Waals surface area (Å²) in [7, 11) is 0. The number of hydrogen-bond acceptors (Lipinski definition) is 2. The first-order valence-electron chi connectivity index (χ1n) is 5.36. The molecule has 14 heavy (non-hydrogen) atoms. The lowest BCUT2D eigenvalue weighted by Gasteiger charge is -2.17. The van der Waals surface area contributed by atoms with Crippen LogP contribution in [0.3, 0.4) is 0 Å². The molecule has 0 aromatic carbocycles. The minimum atomic E-state index is 0.533. The van der Waals surface area contributed by atoms with Crippen molar-refractivity contribution in [1.29, 1.82) is 0 Å². The molecule has 1 aliphatic rings. The third-order valence-electron chi connectivity index (χ3n) is 3.10. The van der Waals surface area contributed by atoms with Gasteiger partial charge in [-0.25, -0.2) is 4.98 Å². The normalized spacial score (nSPS) is 25.4. The Morgan fingerprint density at radius 2 is 2.50 bits per heavy atom. The van der Waals surface area contributed by atoms with E-state index >= 15 is 0 Å². The van der Waals surface area contributed by atoms with Crippen LogP contribution in [0, 0.1) is 5.41 Å². The second-order valence-electron chi connectivity index (χ2n) is 5.06. The Morgan fingerprint density at radius 3 is 3.07 bits per heavy atom. The van der Waals surface area contributed by atoms with Gasteiger partial charge in [0.25, 0.3) is 0 Å². The molecule has 0 radical (unpaired) electrons. The third kappa shape index (κ3) is 2.35. The van der Waals surface area contributed by atoms with Crippen LogP contribution in [0.15, 0.2) is 12.5 Å². The van der Waals surface area contributed by atoms with Gasteiger partial charge >= 0.3 is 0 Å². The summed E-state index contributed by atoms with van der Waals surface area (Å²) in [6, 6.07) is 0.688. The predicted molar refractivity (Wildman–Crippen MR) is 56.8 cm³/mol. The standard InChI is InChI=1S/C11H19N3/c1-11(2)4-3-9(5-11)13-7-10-6-12-8-14-10/h6,8-9,13H,3-5,7H2,1-2H3,(H,12,14). The summed E-state index contributed by atoms with van der Waals surface area (Å²) in [6.07, 6.45) is 7.55. The molecule has 1 saturated carbocycles. The average molecular weight is 193 g/mol. The van der Waals surface area contributed by atoms with Crippen LogP contribution in [0.1, 0.15) is 38.8 Å². The fourth-order valence-electron chi connectivity index (χ4n) is 2.25. The second-order valence-corrected chi connectivity index (χ2v) is 5.06. The predicted octanol–water partition coefficient (Wildman–Crippen LogP) is 2.08.